The summed E-state index contributed by atoms with van der Waals surface area (Å²) in [5, 5.41) is 12.8. The number of ether oxygens (including phenoxy) is 1. The molecule has 8 heteroatoms. The number of aromatic nitrogens is 4. The molecule has 0 aliphatic rings. The number of nitriles is 1. The Hall–Kier alpha value is -2.66. The van der Waals surface area contributed by atoms with Crippen molar-refractivity contribution >= 4 is 0 Å². The lowest BCUT2D eigenvalue weighted by molar-refractivity contribution is 0.183. The Morgan fingerprint density at radius 3 is 2.95 bits per heavy atom. The lowest BCUT2D eigenvalue weighted by Gasteiger charge is -2.01. The minimum absolute atomic E-state index is 0.135. The van der Waals surface area contributed by atoms with Crippen molar-refractivity contribution in [1.82, 2.24) is 19.3 Å². The van der Waals surface area contributed by atoms with Gasteiger partial charge in [-0.25, -0.2) is 4.79 Å². The van der Waals surface area contributed by atoms with Crippen molar-refractivity contribution in [3.8, 4) is 11.8 Å². The van der Waals surface area contributed by atoms with Gasteiger partial charge in [0.1, 0.15) is 11.6 Å². The summed E-state index contributed by atoms with van der Waals surface area (Å²) in [6, 6.07) is 1.72. The van der Waals surface area contributed by atoms with Crippen LogP contribution in [0.2, 0.25) is 0 Å². The van der Waals surface area contributed by atoms with E-state index in [2.05, 4.69) is 10.1 Å². The summed E-state index contributed by atoms with van der Waals surface area (Å²) in [5.41, 5.74) is -0.982. The highest BCUT2D eigenvalue weighted by atomic mass is 16.5. The van der Waals surface area contributed by atoms with Crippen molar-refractivity contribution in [3.63, 3.8) is 0 Å². The average molecular weight is 261 g/mol. The molecule has 2 aromatic heterocycles. The fourth-order valence-electron chi connectivity index (χ4n) is 1.53. The molecule has 2 aromatic rings. The third-order valence-electron chi connectivity index (χ3n) is 2.48. The molecule has 0 amide bonds. The van der Waals surface area contributed by atoms with Crippen LogP contribution >= 0.6 is 0 Å². The lowest BCUT2D eigenvalue weighted by atomic mass is 10.3. The largest absolute Gasteiger partial charge is 0.383 e. The van der Waals surface area contributed by atoms with E-state index in [0.29, 0.717) is 18.8 Å². The minimum Gasteiger partial charge on any atom is -0.383 e. The van der Waals surface area contributed by atoms with E-state index in [0.717, 1.165) is 4.57 Å². The highest BCUT2D eigenvalue weighted by Gasteiger charge is 2.07. The van der Waals surface area contributed by atoms with E-state index < -0.39 is 11.2 Å². The molecule has 2 rings (SSSR count). The Kier molecular flexibility index (Phi) is 3.58. The molecule has 0 unspecified atom stereocenters. The molecule has 0 aliphatic heterocycles. The number of methoxy groups -OCH3 is 1. The molecule has 0 fully saturated rings. The van der Waals surface area contributed by atoms with Gasteiger partial charge in [0.25, 0.3) is 5.56 Å². The van der Waals surface area contributed by atoms with Crippen LogP contribution in [0.4, 0.5) is 0 Å². The molecular weight excluding hydrogens is 250 g/mol. The molecule has 98 valence electrons. The number of aromatic amines is 1. The quantitative estimate of drug-likeness (QED) is 0.778. The normalized spacial score (nSPS) is 10.3. The van der Waals surface area contributed by atoms with Crippen LogP contribution in [0.3, 0.4) is 0 Å². The number of H-pyrrole nitrogens is 1. The Bertz CT molecular complexity index is 734. The van der Waals surface area contributed by atoms with Crippen LogP contribution in [0.25, 0.3) is 5.69 Å². The Labute approximate surface area is 107 Å². The zero-order valence-electron chi connectivity index (χ0n) is 10.2. The summed E-state index contributed by atoms with van der Waals surface area (Å²) in [4.78, 5) is 25.0. The van der Waals surface area contributed by atoms with E-state index in [1.165, 1.54) is 12.4 Å². The van der Waals surface area contributed by atoms with Gasteiger partial charge in [-0.2, -0.15) is 10.4 Å². The number of hydrogen-bond donors (Lipinski definition) is 1. The van der Waals surface area contributed by atoms with E-state index in [4.69, 9.17) is 10.00 Å². The molecule has 0 bridgehead atoms. The average Bonchev–Trinajstić information content (AvgIpc) is 2.85. The van der Waals surface area contributed by atoms with Crippen LogP contribution in [0.15, 0.2) is 28.2 Å². The van der Waals surface area contributed by atoms with Crippen LogP contribution in [0, 0.1) is 11.3 Å². The van der Waals surface area contributed by atoms with Crippen molar-refractivity contribution in [2.45, 2.75) is 6.54 Å². The molecule has 0 aliphatic carbocycles. The summed E-state index contributed by atoms with van der Waals surface area (Å²) >= 11 is 0. The van der Waals surface area contributed by atoms with Crippen molar-refractivity contribution in [2.24, 2.45) is 0 Å². The highest BCUT2D eigenvalue weighted by molar-refractivity contribution is 5.30. The van der Waals surface area contributed by atoms with E-state index in [9.17, 15) is 9.59 Å². The molecule has 0 saturated heterocycles. The second-order valence-electron chi connectivity index (χ2n) is 3.74. The van der Waals surface area contributed by atoms with E-state index >= 15 is 0 Å². The van der Waals surface area contributed by atoms with Gasteiger partial charge in [0.05, 0.1) is 25.0 Å². The molecule has 8 nitrogen and oxygen atoms in total. The van der Waals surface area contributed by atoms with Gasteiger partial charge in [0.2, 0.25) is 0 Å². The second-order valence-corrected chi connectivity index (χ2v) is 3.74. The smallest absolute Gasteiger partial charge is 0.333 e. The van der Waals surface area contributed by atoms with Gasteiger partial charge in [0.15, 0.2) is 0 Å². The molecule has 2 heterocycles. The van der Waals surface area contributed by atoms with E-state index in [-0.39, 0.29) is 5.56 Å². The van der Waals surface area contributed by atoms with Gasteiger partial charge in [-0.3, -0.25) is 19.0 Å². The molecule has 0 spiro atoms. The lowest BCUT2D eigenvalue weighted by Crippen LogP contribution is -2.29. The maximum absolute atomic E-state index is 11.7. The first-order valence-corrected chi connectivity index (χ1v) is 5.43. The van der Waals surface area contributed by atoms with Gasteiger partial charge >= 0.3 is 5.69 Å². The van der Waals surface area contributed by atoms with Gasteiger partial charge in [-0.1, -0.05) is 0 Å². The van der Waals surface area contributed by atoms with Crippen LogP contribution < -0.4 is 11.2 Å². The van der Waals surface area contributed by atoms with Crippen molar-refractivity contribution in [2.75, 3.05) is 13.7 Å². The minimum atomic E-state index is -0.699. The van der Waals surface area contributed by atoms with Crippen LogP contribution in [-0.4, -0.2) is 33.0 Å². The van der Waals surface area contributed by atoms with E-state index in [1.54, 1.807) is 24.1 Å². The number of nitrogens with zero attached hydrogens (tertiary/aromatic N) is 4. The Morgan fingerprint density at radius 1 is 1.47 bits per heavy atom. The summed E-state index contributed by atoms with van der Waals surface area (Å²) in [7, 11) is 1.58. The van der Waals surface area contributed by atoms with Crippen molar-refractivity contribution < 1.29 is 4.74 Å². The van der Waals surface area contributed by atoms with Gasteiger partial charge in [0, 0.05) is 19.5 Å². The molecule has 1 N–H and O–H groups in total. The fraction of sp³-hybridized carbons (Fsp3) is 0.273. The summed E-state index contributed by atoms with van der Waals surface area (Å²) in [6.07, 6.45) is 4.29. The molecular formula is C11H11N5O3. The van der Waals surface area contributed by atoms with Gasteiger partial charge in [-0.15, -0.1) is 0 Å². The molecule has 0 aromatic carbocycles. The first kappa shape index (κ1) is 12.8. The van der Waals surface area contributed by atoms with Crippen LogP contribution in [0.1, 0.15) is 5.56 Å². The molecule has 0 atom stereocenters. The number of rotatable bonds is 4. The standard InChI is InChI=1S/C11H11N5O3/c1-19-3-2-15-7-9(5-13-15)16-6-8(4-12)10(17)14-11(16)18/h5-7H,2-3H2,1H3,(H,14,17,18). The maximum Gasteiger partial charge on any atom is 0.333 e. The maximum atomic E-state index is 11.7. The highest BCUT2D eigenvalue weighted by Crippen LogP contribution is 2.02. The first-order chi connectivity index (χ1) is 9.15. The summed E-state index contributed by atoms with van der Waals surface area (Å²) < 4.78 is 7.68. The number of nitrogens with one attached hydrogen (secondary N) is 1. The Morgan fingerprint density at radius 2 is 2.26 bits per heavy atom. The van der Waals surface area contributed by atoms with Crippen molar-refractivity contribution in [3.05, 3.63) is 45.0 Å². The Balaban J connectivity index is 2.42. The number of hydrogen-bond acceptors (Lipinski definition) is 5. The molecule has 19 heavy (non-hydrogen) atoms. The van der Waals surface area contributed by atoms with Crippen LogP contribution in [0.5, 0.6) is 0 Å². The second kappa shape index (κ2) is 5.32. The topological polar surface area (TPSA) is 106 Å². The third kappa shape index (κ3) is 2.61. The molecule has 0 radical (unpaired) electrons. The first-order valence-electron chi connectivity index (χ1n) is 5.43. The van der Waals surface area contributed by atoms with Gasteiger partial charge in [-0.05, 0) is 0 Å². The predicted molar refractivity (Wildman–Crippen MR) is 65.0 cm³/mol. The molecule has 0 saturated carbocycles. The zero-order chi connectivity index (χ0) is 13.8. The third-order valence-corrected chi connectivity index (χ3v) is 2.48. The predicted octanol–water partition coefficient (Wildman–Crippen LogP) is -0.760. The van der Waals surface area contributed by atoms with Crippen molar-refractivity contribution in [1.29, 1.82) is 5.26 Å². The van der Waals surface area contributed by atoms with Crippen LogP contribution in [-0.2, 0) is 11.3 Å². The fourth-order valence-corrected chi connectivity index (χ4v) is 1.53. The summed E-state index contributed by atoms with van der Waals surface area (Å²) in [6.45, 7) is 1.03. The zero-order valence-corrected chi connectivity index (χ0v) is 10.2. The monoisotopic (exact) mass is 261 g/mol. The van der Waals surface area contributed by atoms with E-state index in [1.807, 2.05) is 0 Å². The van der Waals surface area contributed by atoms with Gasteiger partial charge < -0.3 is 4.74 Å². The SMILES string of the molecule is COCCn1cc(-n2cc(C#N)c(=O)[nH]c2=O)cn1. The summed E-state index contributed by atoms with van der Waals surface area (Å²) in [5.74, 6) is 0.